The van der Waals surface area contributed by atoms with Gasteiger partial charge in [0.1, 0.15) is 18.4 Å². The topological polar surface area (TPSA) is 56.6 Å². The Bertz CT molecular complexity index is 953. The van der Waals surface area contributed by atoms with E-state index in [1.807, 2.05) is 34.7 Å². The molecule has 0 bridgehead atoms. The lowest BCUT2D eigenvalue weighted by Crippen LogP contribution is -2.29. The Morgan fingerprint density at radius 2 is 2.10 bits per heavy atom. The third-order valence-corrected chi connectivity index (χ3v) is 6.11. The molecule has 7 heteroatoms. The van der Waals surface area contributed by atoms with E-state index in [-0.39, 0.29) is 11.9 Å². The van der Waals surface area contributed by atoms with Crippen LogP contribution in [0.2, 0.25) is 5.15 Å². The molecule has 1 aromatic heterocycles. The predicted molar refractivity (Wildman–Crippen MR) is 117 cm³/mol. The molecule has 3 heterocycles. The van der Waals surface area contributed by atoms with Gasteiger partial charge in [-0.1, -0.05) is 31.0 Å². The van der Waals surface area contributed by atoms with Crippen LogP contribution in [0.25, 0.3) is 6.08 Å². The van der Waals surface area contributed by atoms with Crippen molar-refractivity contribution in [2.45, 2.75) is 52.1 Å². The Morgan fingerprint density at radius 1 is 1.30 bits per heavy atom. The molecule has 1 atom stereocenters. The normalized spacial score (nSPS) is 18.4. The van der Waals surface area contributed by atoms with Crippen molar-refractivity contribution in [3.05, 3.63) is 46.2 Å². The lowest BCUT2D eigenvalue weighted by Gasteiger charge is -2.26. The number of rotatable bonds is 6. The summed E-state index contributed by atoms with van der Waals surface area (Å²) in [5.41, 5.74) is 2.74. The predicted octanol–water partition coefficient (Wildman–Crippen LogP) is 4.79. The third kappa shape index (κ3) is 4.19. The number of aromatic nitrogens is 2. The van der Waals surface area contributed by atoms with Crippen molar-refractivity contribution in [2.75, 3.05) is 19.8 Å². The van der Waals surface area contributed by atoms with Gasteiger partial charge in [0, 0.05) is 24.7 Å². The van der Waals surface area contributed by atoms with Crippen LogP contribution in [0.1, 0.15) is 55.5 Å². The molecule has 160 valence electrons. The summed E-state index contributed by atoms with van der Waals surface area (Å²) in [5, 5.41) is 5.10. The zero-order valence-electron chi connectivity index (χ0n) is 17.6. The summed E-state index contributed by atoms with van der Waals surface area (Å²) in [4.78, 5) is 14.9. The fourth-order valence-corrected chi connectivity index (χ4v) is 4.43. The minimum atomic E-state index is -0.0100. The highest BCUT2D eigenvalue weighted by molar-refractivity contribution is 6.31. The van der Waals surface area contributed by atoms with E-state index in [1.54, 1.807) is 12.2 Å². The maximum Gasteiger partial charge on any atom is 0.247 e. The minimum Gasteiger partial charge on any atom is -0.486 e. The molecule has 2 aliphatic rings. The van der Waals surface area contributed by atoms with Gasteiger partial charge < -0.3 is 14.4 Å². The monoisotopic (exact) mass is 429 g/mol. The molecule has 2 aliphatic heterocycles. The molecule has 4 rings (SSSR count). The SMILES string of the molecule is CCCCn1nc(C)c(/C=C/C(=O)N2CCCC2c2ccc3c(c2)OCCO3)c1Cl. The first-order valence-electron chi connectivity index (χ1n) is 10.7. The number of unbranched alkanes of at least 4 members (excludes halogenated alkanes) is 1. The Kier molecular flexibility index (Phi) is 6.32. The molecule has 0 aliphatic carbocycles. The van der Waals surface area contributed by atoms with Gasteiger partial charge in [0.2, 0.25) is 5.91 Å². The Labute approximate surface area is 182 Å². The van der Waals surface area contributed by atoms with E-state index in [4.69, 9.17) is 21.1 Å². The zero-order valence-corrected chi connectivity index (χ0v) is 18.3. The van der Waals surface area contributed by atoms with E-state index in [0.29, 0.717) is 18.4 Å². The molecule has 0 radical (unpaired) electrons. The van der Waals surface area contributed by atoms with Crippen LogP contribution < -0.4 is 9.47 Å². The second-order valence-electron chi connectivity index (χ2n) is 7.79. The molecule has 0 saturated carbocycles. The number of carbonyl (C=O) groups is 1. The van der Waals surface area contributed by atoms with Gasteiger partial charge in [-0.05, 0) is 50.0 Å². The average molecular weight is 430 g/mol. The summed E-state index contributed by atoms with van der Waals surface area (Å²) < 4.78 is 13.1. The number of hydrogen-bond acceptors (Lipinski definition) is 4. The second-order valence-corrected chi connectivity index (χ2v) is 8.15. The van der Waals surface area contributed by atoms with Crippen LogP contribution in [-0.2, 0) is 11.3 Å². The van der Waals surface area contributed by atoms with Gasteiger partial charge in [0.25, 0.3) is 0 Å². The molecule has 0 N–H and O–H groups in total. The number of benzene rings is 1. The van der Waals surface area contributed by atoms with Gasteiger partial charge in [-0.25, -0.2) is 0 Å². The number of likely N-dealkylation sites (tertiary alicyclic amines) is 1. The summed E-state index contributed by atoms with van der Waals surface area (Å²) in [6.45, 7) is 6.71. The van der Waals surface area contributed by atoms with E-state index in [9.17, 15) is 4.79 Å². The molecule has 1 amide bonds. The summed E-state index contributed by atoms with van der Waals surface area (Å²) >= 11 is 6.50. The van der Waals surface area contributed by atoms with Gasteiger partial charge in [-0.15, -0.1) is 0 Å². The van der Waals surface area contributed by atoms with Crippen molar-refractivity contribution in [3.8, 4) is 11.5 Å². The Hall–Kier alpha value is -2.47. The van der Waals surface area contributed by atoms with E-state index < -0.39 is 0 Å². The first-order chi connectivity index (χ1) is 14.6. The fraction of sp³-hybridized carbons (Fsp3) is 0.478. The van der Waals surface area contributed by atoms with Gasteiger partial charge in [0.05, 0.1) is 11.7 Å². The number of aryl methyl sites for hydroxylation is 2. The quantitative estimate of drug-likeness (QED) is 0.619. The van der Waals surface area contributed by atoms with Crippen LogP contribution in [0, 0.1) is 6.92 Å². The molecule has 1 fully saturated rings. The number of hydrogen-bond donors (Lipinski definition) is 0. The standard InChI is InChI=1S/C23H28ClN3O3/c1-3-4-12-27-23(24)18(16(2)25-27)8-10-22(28)26-11-5-6-19(26)17-7-9-20-21(15-17)30-14-13-29-20/h7-10,15,19H,3-6,11-14H2,1-2H3/b10-8+. The van der Waals surface area contributed by atoms with Crippen LogP contribution in [0.15, 0.2) is 24.3 Å². The first kappa shape index (κ1) is 20.8. The third-order valence-electron chi connectivity index (χ3n) is 5.71. The highest BCUT2D eigenvalue weighted by Gasteiger charge is 2.30. The largest absolute Gasteiger partial charge is 0.486 e. The maximum atomic E-state index is 13.0. The molecule has 2 aromatic rings. The molecule has 30 heavy (non-hydrogen) atoms. The van der Waals surface area contributed by atoms with Gasteiger partial charge in [-0.2, -0.15) is 5.10 Å². The number of ether oxygens (including phenoxy) is 2. The number of carbonyl (C=O) groups excluding carboxylic acids is 1. The molecular weight excluding hydrogens is 402 g/mol. The van der Waals surface area contributed by atoms with Crippen LogP contribution >= 0.6 is 11.6 Å². The van der Waals surface area contributed by atoms with Crippen molar-refractivity contribution in [1.29, 1.82) is 0 Å². The van der Waals surface area contributed by atoms with E-state index in [1.165, 1.54) is 0 Å². The second kappa shape index (κ2) is 9.13. The first-order valence-corrected chi connectivity index (χ1v) is 11.1. The Balaban J connectivity index is 1.50. The Morgan fingerprint density at radius 3 is 2.90 bits per heavy atom. The van der Waals surface area contributed by atoms with Crippen molar-refractivity contribution < 1.29 is 14.3 Å². The van der Waals surface area contributed by atoms with Crippen molar-refractivity contribution in [3.63, 3.8) is 0 Å². The molecule has 1 saturated heterocycles. The zero-order chi connectivity index (χ0) is 21.1. The van der Waals surface area contributed by atoms with Crippen LogP contribution in [0.4, 0.5) is 0 Å². The number of amides is 1. The van der Waals surface area contributed by atoms with E-state index in [0.717, 1.165) is 67.1 Å². The summed E-state index contributed by atoms with van der Waals surface area (Å²) in [6.07, 6.45) is 7.44. The van der Waals surface area contributed by atoms with Crippen molar-refractivity contribution >= 4 is 23.6 Å². The van der Waals surface area contributed by atoms with Crippen LogP contribution in [0.3, 0.4) is 0 Å². The smallest absolute Gasteiger partial charge is 0.247 e. The molecule has 1 unspecified atom stereocenters. The van der Waals surface area contributed by atoms with Gasteiger partial charge in [0.15, 0.2) is 11.5 Å². The average Bonchev–Trinajstić information content (AvgIpc) is 3.35. The maximum absolute atomic E-state index is 13.0. The summed E-state index contributed by atoms with van der Waals surface area (Å²) in [7, 11) is 0. The highest BCUT2D eigenvalue weighted by atomic mass is 35.5. The minimum absolute atomic E-state index is 0.0100. The lowest BCUT2D eigenvalue weighted by atomic mass is 10.0. The fourth-order valence-electron chi connectivity index (χ4n) is 4.11. The summed E-state index contributed by atoms with van der Waals surface area (Å²) in [6, 6.07) is 6.02. The highest BCUT2D eigenvalue weighted by Crippen LogP contribution is 2.38. The van der Waals surface area contributed by atoms with Gasteiger partial charge >= 0.3 is 0 Å². The van der Waals surface area contributed by atoms with Gasteiger partial charge in [-0.3, -0.25) is 9.48 Å². The lowest BCUT2D eigenvalue weighted by molar-refractivity contribution is -0.126. The number of nitrogens with zero attached hydrogens (tertiary/aromatic N) is 3. The molecule has 1 aromatic carbocycles. The number of fused-ring (bicyclic) bond motifs is 1. The van der Waals surface area contributed by atoms with Crippen LogP contribution in [-0.4, -0.2) is 40.3 Å². The molecular formula is C23H28ClN3O3. The van der Waals surface area contributed by atoms with Crippen molar-refractivity contribution in [1.82, 2.24) is 14.7 Å². The van der Waals surface area contributed by atoms with E-state index in [2.05, 4.69) is 12.0 Å². The molecule has 0 spiro atoms. The number of halogens is 1. The van der Waals surface area contributed by atoms with Crippen LogP contribution in [0.5, 0.6) is 11.5 Å². The summed E-state index contributed by atoms with van der Waals surface area (Å²) in [5.74, 6) is 1.52. The van der Waals surface area contributed by atoms with Crippen molar-refractivity contribution in [2.24, 2.45) is 0 Å². The van der Waals surface area contributed by atoms with E-state index >= 15 is 0 Å². The molecule has 6 nitrogen and oxygen atoms in total.